The number of amides is 1. The highest BCUT2D eigenvalue weighted by molar-refractivity contribution is 6.01. The van der Waals surface area contributed by atoms with Crippen LogP contribution < -0.4 is 10.5 Å². The molecule has 0 spiro atoms. The van der Waals surface area contributed by atoms with Crippen molar-refractivity contribution in [3.63, 3.8) is 0 Å². The molecule has 5 heteroatoms. The lowest BCUT2D eigenvalue weighted by Gasteiger charge is -2.42. The largest absolute Gasteiger partial charge is 0.312 e. The number of anilines is 1. The van der Waals surface area contributed by atoms with Crippen molar-refractivity contribution in [2.75, 3.05) is 31.1 Å². The maximum absolute atomic E-state index is 12.6. The van der Waals surface area contributed by atoms with Crippen LogP contribution in [0.2, 0.25) is 0 Å². The van der Waals surface area contributed by atoms with Crippen molar-refractivity contribution in [3.05, 3.63) is 76.7 Å². The minimum absolute atomic E-state index is 0.0165. The molecule has 2 unspecified atom stereocenters. The van der Waals surface area contributed by atoms with E-state index >= 15 is 0 Å². The van der Waals surface area contributed by atoms with E-state index in [1.807, 2.05) is 54.0 Å². The molecule has 146 valence electrons. The van der Waals surface area contributed by atoms with E-state index in [2.05, 4.69) is 11.0 Å². The SMILES string of the molecule is CCN(C(=O)C=CCN1CC2CC(C1)c1cccc(=O)n1C2)c1ccccc1. The zero-order valence-corrected chi connectivity index (χ0v) is 16.3. The zero-order valence-electron chi connectivity index (χ0n) is 16.3. The van der Waals surface area contributed by atoms with E-state index in [1.165, 1.54) is 0 Å². The summed E-state index contributed by atoms with van der Waals surface area (Å²) < 4.78 is 1.95. The molecule has 0 aliphatic carbocycles. The summed E-state index contributed by atoms with van der Waals surface area (Å²) in [5.74, 6) is 0.927. The first-order valence-corrected chi connectivity index (χ1v) is 10.1. The number of carbonyl (C=O) groups excluding carboxylic acids is 1. The number of hydrogen-bond acceptors (Lipinski definition) is 3. The molecule has 2 atom stereocenters. The maximum atomic E-state index is 12.6. The highest BCUT2D eigenvalue weighted by atomic mass is 16.2. The fourth-order valence-electron chi connectivity index (χ4n) is 4.61. The second-order valence-electron chi connectivity index (χ2n) is 7.74. The van der Waals surface area contributed by atoms with Crippen molar-refractivity contribution < 1.29 is 4.79 Å². The predicted molar refractivity (Wildman–Crippen MR) is 112 cm³/mol. The molecule has 4 rings (SSSR count). The van der Waals surface area contributed by atoms with E-state index < -0.39 is 0 Å². The number of likely N-dealkylation sites (N-methyl/N-ethyl adjacent to an activating group) is 1. The molecule has 0 N–H and O–H groups in total. The number of hydrogen-bond donors (Lipinski definition) is 0. The average molecular weight is 377 g/mol. The number of rotatable bonds is 5. The van der Waals surface area contributed by atoms with Gasteiger partial charge in [0, 0.05) is 62.2 Å². The molecular formula is C23H27N3O2. The Bertz CT molecular complexity index is 919. The van der Waals surface area contributed by atoms with Crippen molar-refractivity contribution >= 4 is 11.6 Å². The van der Waals surface area contributed by atoms with Crippen LogP contribution >= 0.6 is 0 Å². The van der Waals surface area contributed by atoms with Crippen LogP contribution in [-0.2, 0) is 11.3 Å². The summed E-state index contributed by atoms with van der Waals surface area (Å²) in [6, 6.07) is 15.4. The van der Waals surface area contributed by atoms with Gasteiger partial charge in [0.2, 0.25) is 0 Å². The van der Waals surface area contributed by atoms with Crippen LogP contribution in [-0.4, -0.2) is 41.6 Å². The summed E-state index contributed by atoms with van der Waals surface area (Å²) in [6.07, 6.45) is 4.83. The molecule has 2 aromatic rings. The lowest BCUT2D eigenvalue weighted by Crippen LogP contribution is -2.47. The van der Waals surface area contributed by atoms with Gasteiger partial charge in [0.15, 0.2) is 0 Å². The van der Waals surface area contributed by atoms with Crippen LogP contribution in [0, 0.1) is 5.92 Å². The molecule has 0 saturated carbocycles. The Morgan fingerprint density at radius 1 is 1.11 bits per heavy atom. The third-order valence-electron chi connectivity index (χ3n) is 5.83. The smallest absolute Gasteiger partial charge is 0.250 e. The van der Waals surface area contributed by atoms with Gasteiger partial charge in [-0.1, -0.05) is 30.3 Å². The Morgan fingerprint density at radius 2 is 1.93 bits per heavy atom. The van der Waals surface area contributed by atoms with Gasteiger partial charge in [-0.2, -0.15) is 0 Å². The number of pyridine rings is 1. The lowest BCUT2D eigenvalue weighted by atomic mass is 9.83. The normalized spacial score (nSPS) is 21.5. The van der Waals surface area contributed by atoms with Crippen molar-refractivity contribution in [3.8, 4) is 0 Å². The summed E-state index contributed by atoms with van der Waals surface area (Å²) >= 11 is 0. The van der Waals surface area contributed by atoms with Crippen LogP contribution in [0.3, 0.4) is 0 Å². The van der Waals surface area contributed by atoms with Crippen LogP contribution in [0.15, 0.2) is 65.5 Å². The van der Waals surface area contributed by atoms with E-state index in [9.17, 15) is 9.59 Å². The van der Waals surface area contributed by atoms with Crippen LogP contribution in [0.1, 0.15) is 25.0 Å². The van der Waals surface area contributed by atoms with Gasteiger partial charge in [0.05, 0.1) is 0 Å². The Hall–Kier alpha value is -2.66. The van der Waals surface area contributed by atoms with Crippen molar-refractivity contribution in [1.29, 1.82) is 0 Å². The second-order valence-corrected chi connectivity index (χ2v) is 7.74. The molecule has 3 heterocycles. The molecule has 0 radical (unpaired) electrons. The van der Waals surface area contributed by atoms with Gasteiger partial charge in [-0.3, -0.25) is 14.5 Å². The highest BCUT2D eigenvalue weighted by Gasteiger charge is 2.33. The van der Waals surface area contributed by atoms with Crippen LogP contribution in [0.25, 0.3) is 0 Å². The molecule has 1 amide bonds. The molecule has 1 aromatic heterocycles. The Kier molecular flexibility index (Phi) is 5.44. The summed E-state index contributed by atoms with van der Waals surface area (Å²) in [4.78, 5) is 28.9. The summed E-state index contributed by atoms with van der Waals surface area (Å²) in [7, 11) is 0. The topological polar surface area (TPSA) is 45.6 Å². The standard InChI is InChI=1S/C23H27N3O2/c1-2-25(20-8-4-3-5-9-20)22(27)12-7-13-24-15-18-14-19(17-24)21-10-6-11-23(28)26(21)16-18/h3-12,18-19H,2,13-17H2,1H3. The molecule has 2 aliphatic rings. The van der Waals surface area contributed by atoms with Gasteiger partial charge in [-0.05, 0) is 37.5 Å². The molecule has 2 bridgehead atoms. The number of fused-ring (bicyclic) bond motifs is 4. The maximum Gasteiger partial charge on any atom is 0.250 e. The molecule has 2 aliphatic heterocycles. The molecular weight excluding hydrogens is 350 g/mol. The molecule has 1 fully saturated rings. The number of piperidine rings is 1. The molecule has 1 saturated heterocycles. The average Bonchev–Trinajstić information content (AvgIpc) is 2.70. The van der Waals surface area contributed by atoms with Crippen LogP contribution in [0.5, 0.6) is 0 Å². The third kappa shape index (κ3) is 3.80. The third-order valence-corrected chi connectivity index (χ3v) is 5.83. The quantitative estimate of drug-likeness (QED) is 0.753. The van der Waals surface area contributed by atoms with E-state index in [0.29, 0.717) is 18.4 Å². The predicted octanol–water partition coefficient (Wildman–Crippen LogP) is 2.88. The minimum Gasteiger partial charge on any atom is -0.312 e. The summed E-state index contributed by atoms with van der Waals surface area (Å²) in [6.45, 7) is 6.13. The number of aromatic nitrogens is 1. The molecule has 1 aromatic carbocycles. The molecule has 5 nitrogen and oxygen atoms in total. The van der Waals surface area contributed by atoms with E-state index in [-0.39, 0.29) is 11.5 Å². The van der Waals surface area contributed by atoms with Crippen molar-refractivity contribution in [2.45, 2.75) is 25.8 Å². The monoisotopic (exact) mass is 377 g/mol. The Labute approximate surface area is 165 Å². The summed E-state index contributed by atoms with van der Waals surface area (Å²) in [5, 5.41) is 0. The van der Waals surface area contributed by atoms with Gasteiger partial charge >= 0.3 is 0 Å². The first kappa shape index (κ1) is 18.7. The number of nitrogens with zero attached hydrogens (tertiary/aromatic N) is 3. The van der Waals surface area contributed by atoms with Gasteiger partial charge in [-0.25, -0.2) is 0 Å². The number of benzene rings is 1. The summed E-state index contributed by atoms with van der Waals surface area (Å²) in [5.41, 5.74) is 2.20. The van der Waals surface area contributed by atoms with Gasteiger partial charge in [-0.15, -0.1) is 0 Å². The Morgan fingerprint density at radius 3 is 2.71 bits per heavy atom. The van der Waals surface area contributed by atoms with Gasteiger partial charge in [0.1, 0.15) is 0 Å². The first-order chi connectivity index (χ1) is 13.7. The zero-order chi connectivity index (χ0) is 19.5. The first-order valence-electron chi connectivity index (χ1n) is 10.1. The highest BCUT2D eigenvalue weighted by Crippen LogP contribution is 2.34. The van der Waals surface area contributed by atoms with E-state index in [4.69, 9.17) is 0 Å². The van der Waals surface area contributed by atoms with Crippen molar-refractivity contribution in [1.82, 2.24) is 9.47 Å². The lowest BCUT2D eigenvalue weighted by molar-refractivity contribution is -0.114. The molecule has 28 heavy (non-hydrogen) atoms. The fourth-order valence-corrected chi connectivity index (χ4v) is 4.61. The van der Waals surface area contributed by atoms with Crippen LogP contribution in [0.4, 0.5) is 5.69 Å². The fraction of sp³-hybridized carbons (Fsp3) is 0.391. The number of para-hydroxylation sites is 1. The second kappa shape index (κ2) is 8.15. The minimum atomic E-state index is 0.0165. The number of likely N-dealkylation sites (tertiary alicyclic amines) is 1. The Balaban J connectivity index is 1.39. The van der Waals surface area contributed by atoms with Gasteiger partial charge < -0.3 is 9.47 Å². The number of carbonyl (C=O) groups is 1. The van der Waals surface area contributed by atoms with Crippen molar-refractivity contribution in [2.24, 2.45) is 5.92 Å². The van der Waals surface area contributed by atoms with E-state index in [0.717, 1.165) is 44.0 Å². The van der Waals surface area contributed by atoms with E-state index in [1.54, 1.807) is 17.0 Å². The van der Waals surface area contributed by atoms with Gasteiger partial charge in [0.25, 0.3) is 11.5 Å².